The van der Waals surface area contributed by atoms with Crippen molar-refractivity contribution in [3.63, 3.8) is 0 Å². The zero-order valence-corrected chi connectivity index (χ0v) is 6.82. The van der Waals surface area contributed by atoms with E-state index in [1.807, 2.05) is 29.8 Å². The Morgan fingerprint density at radius 1 is 1.50 bits per heavy atom. The van der Waals surface area contributed by atoms with Crippen LogP contribution in [0.15, 0.2) is 24.5 Å². The molecule has 61 valence electrons. The van der Waals surface area contributed by atoms with Crippen molar-refractivity contribution in [3.05, 3.63) is 24.5 Å². The zero-order chi connectivity index (χ0) is 8.55. The normalized spacial score (nSPS) is 10.8. The van der Waals surface area contributed by atoms with E-state index in [1.165, 1.54) is 0 Å². The Bertz CT molecular complexity index is 406. The van der Waals surface area contributed by atoms with Crippen LogP contribution in [0.25, 0.3) is 10.9 Å². The van der Waals surface area contributed by atoms with Crippen molar-refractivity contribution in [1.29, 1.82) is 0 Å². The van der Waals surface area contributed by atoms with E-state index in [2.05, 4.69) is 4.98 Å². The quantitative estimate of drug-likeness (QED) is 0.631. The summed E-state index contributed by atoms with van der Waals surface area (Å²) >= 11 is 0. The summed E-state index contributed by atoms with van der Waals surface area (Å²) in [6, 6.07) is 3.78. The first-order valence-corrected chi connectivity index (χ1v) is 3.94. The van der Waals surface area contributed by atoms with Gasteiger partial charge in [-0.3, -0.25) is 5.11 Å². The van der Waals surface area contributed by atoms with Crippen LogP contribution in [0.3, 0.4) is 0 Å². The third kappa shape index (κ3) is 0.863. The molecule has 12 heavy (non-hydrogen) atoms. The fourth-order valence-corrected chi connectivity index (χ4v) is 1.38. The van der Waals surface area contributed by atoms with Crippen LogP contribution in [0.2, 0.25) is 0 Å². The van der Waals surface area contributed by atoms with Crippen LogP contribution in [0, 0.1) is 0 Å². The van der Waals surface area contributed by atoms with Crippen molar-refractivity contribution in [2.24, 2.45) is 0 Å². The Kier molecular flexibility index (Phi) is 1.50. The highest BCUT2D eigenvalue weighted by Crippen LogP contribution is 2.22. The summed E-state index contributed by atoms with van der Waals surface area (Å²) in [4.78, 5) is 3.71. The second-order valence-corrected chi connectivity index (χ2v) is 2.66. The minimum atomic E-state index is -0.139. The van der Waals surface area contributed by atoms with Gasteiger partial charge in [-0.2, -0.15) is 0 Å². The molecule has 0 unspecified atom stereocenters. The Morgan fingerprint density at radius 2 is 2.33 bits per heavy atom. The summed E-state index contributed by atoms with van der Waals surface area (Å²) in [5, 5.41) is 12.3. The molecule has 0 aliphatic carbocycles. The molecule has 0 N–H and O–H groups in total. The number of aryl methyl sites for hydroxylation is 1. The fraction of sp³-hybridized carbons (Fsp3) is 0.222. The Morgan fingerprint density at radius 3 is 3.08 bits per heavy atom. The van der Waals surface area contributed by atoms with Gasteiger partial charge in [-0.25, -0.2) is 4.98 Å². The molecule has 2 rings (SSSR count). The van der Waals surface area contributed by atoms with Crippen LogP contribution in [0.1, 0.15) is 6.92 Å². The molecule has 0 aliphatic heterocycles. The molecule has 0 aromatic carbocycles. The van der Waals surface area contributed by atoms with E-state index in [9.17, 15) is 5.11 Å². The number of aromatic nitrogens is 2. The van der Waals surface area contributed by atoms with Crippen molar-refractivity contribution in [3.8, 4) is 5.88 Å². The van der Waals surface area contributed by atoms with Gasteiger partial charge in [0.25, 0.3) is 5.88 Å². The molecule has 3 heteroatoms. The van der Waals surface area contributed by atoms with Crippen molar-refractivity contribution >= 4 is 10.9 Å². The Hall–Kier alpha value is -1.51. The number of nitrogens with zero attached hydrogens (tertiary/aromatic N) is 2. The van der Waals surface area contributed by atoms with Gasteiger partial charge in [0.2, 0.25) is 0 Å². The molecule has 0 saturated carbocycles. The molecular formula is C9H9N2O. The second kappa shape index (κ2) is 2.52. The van der Waals surface area contributed by atoms with Crippen LogP contribution in [-0.4, -0.2) is 9.55 Å². The molecule has 2 heterocycles. The number of hydrogen-bond donors (Lipinski definition) is 0. The summed E-state index contributed by atoms with van der Waals surface area (Å²) in [5.41, 5.74) is 0.708. The summed E-state index contributed by atoms with van der Waals surface area (Å²) in [7, 11) is 0. The van der Waals surface area contributed by atoms with Crippen LogP contribution in [-0.2, 0) is 11.7 Å². The predicted molar refractivity (Wildman–Crippen MR) is 45.5 cm³/mol. The minimum Gasteiger partial charge on any atom is -0.343 e. The lowest BCUT2D eigenvalue weighted by atomic mass is 10.3. The van der Waals surface area contributed by atoms with Crippen molar-refractivity contribution in [2.45, 2.75) is 13.5 Å². The molecular weight excluding hydrogens is 152 g/mol. The maximum Gasteiger partial charge on any atom is 0.294 e. The summed E-state index contributed by atoms with van der Waals surface area (Å²) in [5.74, 6) is -0.139. The molecule has 0 fully saturated rings. The van der Waals surface area contributed by atoms with E-state index in [4.69, 9.17) is 0 Å². The van der Waals surface area contributed by atoms with E-state index in [-0.39, 0.29) is 5.88 Å². The number of rotatable bonds is 1. The summed E-state index contributed by atoms with van der Waals surface area (Å²) < 4.78 is 1.91. The van der Waals surface area contributed by atoms with E-state index in [0.717, 1.165) is 11.9 Å². The van der Waals surface area contributed by atoms with Gasteiger partial charge in [0.1, 0.15) is 5.52 Å². The Labute approximate surface area is 70.3 Å². The average Bonchev–Trinajstić information content (AvgIpc) is 2.49. The lowest BCUT2D eigenvalue weighted by Crippen LogP contribution is -1.91. The number of fused-ring (bicyclic) bond motifs is 1. The van der Waals surface area contributed by atoms with E-state index in [0.29, 0.717) is 5.52 Å². The molecule has 1 radical (unpaired) electrons. The average molecular weight is 161 g/mol. The highest BCUT2D eigenvalue weighted by molar-refractivity contribution is 5.83. The van der Waals surface area contributed by atoms with Crippen LogP contribution >= 0.6 is 0 Å². The smallest absolute Gasteiger partial charge is 0.294 e. The molecule has 0 amide bonds. The van der Waals surface area contributed by atoms with Crippen LogP contribution in [0.5, 0.6) is 5.88 Å². The van der Waals surface area contributed by atoms with Gasteiger partial charge in [-0.1, -0.05) is 0 Å². The standard InChI is InChI=1S/C9H9N2O/c1-2-11-6-4-7-3-5-10-9(12)8(7)11/h3-6H,2H2,1H3. The van der Waals surface area contributed by atoms with Gasteiger partial charge in [0, 0.05) is 24.3 Å². The summed E-state index contributed by atoms with van der Waals surface area (Å²) in [6.07, 6.45) is 3.46. The van der Waals surface area contributed by atoms with Crippen molar-refractivity contribution in [2.75, 3.05) is 0 Å². The van der Waals surface area contributed by atoms with Gasteiger partial charge in [-0.15, -0.1) is 0 Å². The van der Waals surface area contributed by atoms with Gasteiger partial charge >= 0.3 is 0 Å². The highest BCUT2D eigenvalue weighted by atomic mass is 16.3. The Balaban J connectivity index is 2.83. The van der Waals surface area contributed by atoms with Gasteiger partial charge in [0.15, 0.2) is 0 Å². The molecule has 0 spiro atoms. The maximum atomic E-state index is 11.3. The maximum absolute atomic E-state index is 11.3. The lowest BCUT2D eigenvalue weighted by molar-refractivity contribution is 0.341. The second-order valence-electron chi connectivity index (χ2n) is 2.66. The topological polar surface area (TPSA) is 37.7 Å². The molecule has 3 nitrogen and oxygen atoms in total. The molecule has 0 atom stereocenters. The SMILES string of the molecule is CCn1ccc2ccnc([O])c21. The third-order valence-corrected chi connectivity index (χ3v) is 1.98. The van der Waals surface area contributed by atoms with E-state index < -0.39 is 0 Å². The predicted octanol–water partition coefficient (Wildman–Crippen LogP) is 2.20. The van der Waals surface area contributed by atoms with Crippen molar-refractivity contribution < 1.29 is 5.11 Å². The first-order valence-electron chi connectivity index (χ1n) is 3.94. The van der Waals surface area contributed by atoms with E-state index >= 15 is 0 Å². The molecule has 0 aliphatic rings. The first kappa shape index (κ1) is 7.16. The molecule has 2 aromatic heterocycles. The molecule has 2 aromatic rings. The van der Waals surface area contributed by atoms with E-state index in [1.54, 1.807) is 6.20 Å². The van der Waals surface area contributed by atoms with Gasteiger partial charge < -0.3 is 4.57 Å². The third-order valence-electron chi connectivity index (χ3n) is 1.98. The number of hydrogen-bond acceptors (Lipinski definition) is 1. The van der Waals surface area contributed by atoms with Gasteiger partial charge in [0.05, 0.1) is 0 Å². The zero-order valence-electron chi connectivity index (χ0n) is 6.82. The largest absolute Gasteiger partial charge is 0.343 e. The fourth-order valence-electron chi connectivity index (χ4n) is 1.38. The van der Waals surface area contributed by atoms with Crippen molar-refractivity contribution in [1.82, 2.24) is 9.55 Å². The first-order chi connectivity index (χ1) is 5.83. The molecule has 0 saturated heterocycles. The lowest BCUT2D eigenvalue weighted by Gasteiger charge is -1.98. The molecule has 0 bridgehead atoms. The number of pyridine rings is 1. The minimum absolute atomic E-state index is 0.139. The van der Waals surface area contributed by atoms with Crippen LogP contribution < -0.4 is 0 Å². The van der Waals surface area contributed by atoms with Crippen LogP contribution in [0.4, 0.5) is 0 Å². The monoisotopic (exact) mass is 161 g/mol. The summed E-state index contributed by atoms with van der Waals surface area (Å²) in [6.45, 7) is 2.82. The highest BCUT2D eigenvalue weighted by Gasteiger charge is 2.05. The van der Waals surface area contributed by atoms with Gasteiger partial charge in [-0.05, 0) is 19.1 Å².